The first-order valence-electron chi connectivity index (χ1n) is 6.01. The third-order valence-electron chi connectivity index (χ3n) is 2.96. The van der Waals surface area contributed by atoms with Crippen molar-refractivity contribution in [3.05, 3.63) is 40.5 Å². The number of hydrogen-bond donors (Lipinski definition) is 1. The number of rotatable bonds is 2. The summed E-state index contributed by atoms with van der Waals surface area (Å²) in [6.45, 7) is 3.66. The molecule has 0 unspecified atom stereocenters. The predicted octanol–water partition coefficient (Wildman–Crippen LogP) is 3.80. The quantitative estimate of drug-likeness (QED) is 0.779. The highest BCUT2D eigenvalue weighted by molar-refractivity contribution is 7.16. The number of nitrogens with zero attached hydrogens (tertiary/aromatic N) is 2. The summed E-state index contributed by atoms with van der Waals surface area (Å²) in [5.74, 6) is 0.547. The normalized spacial score (nSPS) is 10.9. The van der Waals surface area contributed by atoms with Gasteiger partial charge in [0.15, 0.2) is 0 Å². The average molecular weight is 289 g/mol. The van der Waals surface area contributed by atoms with Crippen molar-refractivity contribution in [2.75, 3.05) is 5.73 Å². The van der Waals surface area contributed by atoms with Gasteiger partial charge in [-0.15, -0.1) is 11.3 Å². The highest BCUT2D eigenvalue weighted by Gasteiger charge is 2.15. The fourth-order valence-corrected chi connectivity index (χ4v) is 2.71. The smallest absolute Gasteiger partial charge is 0.261 e. The molecule has 4 nitrogen and oxygen atoms in total. The summed E-state index contributed by atoms with van der Waals surface area (Å²) < 4.78 is 18.5. The molecule has 2 aromatic heterocycles. The molecule has 0 saturated carbocycles. The van der Waals surface area contributed by atoms with Gasteiger partial charge in [-0.2, -0.15) is 4.98 Å². The van der Waals surface area contributed by atoms with Crippen LogP contribution in [0.15, 0.2) is 28.8 Å². The third kappa shape index (κ3) is 2.18. The molecule has 3 rings (SSSR count). The lowest BCUT2D eigenvalue weighted by molar-refractivity contribution is 0.432. The van der Waals surface area contributed by atoms with Crippen LogP contribution >= 0.6 is 11.3 Å². The first kappa shape index (κ1) is 12.8. The third-order valence-corrected chi connectivity index (χ3v) is 3.84. The molecule has 6 heteroatoms. The van der Waals surface area contributed by atoms with Crippen LogP contribution in [0.1, 0.15) is 10.4 Å². The number of benzene rings is 1. The minimum Gasteiger partial charge on any atom is -0.390 e. The molecule has 0 aliphatic rings. The van der Waals surface area contributed by atoms with Crippen LogP contribution in [0.5, 0.6) is 0 Å². The van der Waals surface area contributed by atoms with Gasteiger partial charge < -0.3 is 10.3 Å². The van der Waals surface area contributed by atoms with E-state index in [0.29, 0.717) is 27.8 Å². The number of aromatic nitrogens is 2. The van der Waals surface area contributed by atoms with Crippen LogP contribution in [0.2, 0.25) is 0 Å². The maximum atomic E-state index is 13.3. The second kappa shape index (κ2) is 4.72. The minimum atomic E-state index is -0.254. The van der Waals surface area contributed by atoms with E-state index in [4.69, 9.17) is 10.3 Å². The molecule has 102 valence electrons. The summed E-state index contributed by atoms with van der Waals surface area (Å²) in [5.41, 5.74) is 7.90. The molecule has 0 saturated heterocycles. The van der Waals surface area contributed by atoms with Crippen molar-refractivity contribution in [3.8, 4) is 22.8 Å². The van der Waals surface area contributed by atoms with E-state index in [-0.39, 0.29) is 5.82 Å². The van der Waals surface area contributed by atoms with E-state index >= 15 is 0 Å². The van der Waals surface area contributed by atoms with Gasteiger partial charge in [-0.05, 0) is 43.7 Å². The molecule has 0 bridgehead atoms. The van der Waals surface area contributed by atoms with Crippen molar-refractivity contribution in [1.29, 1.82) is 0 Å². The van der Waals surface area contributed by atoms with E-state index in [1.54, 1.807) is 19.1 Å². The van der Waals surface area contributed by atoms with Gasteiger partial charge in [0.2, 0.25) is 5.82 Å². The summed E-state index contributed by atoms with van der Waals surface area (Å²) in [7, 11) is 0. The van der Waals surface area contributed by atoms with E-state index < -0.39 is 0 Å². The van der Waals surface area contributed by atoms with Gasteiger partial charge in [0, 0.05) is 10.4 Å². The molecule has 0 aliphatic heterocycles. The SMILES string of the molecule is Cc1cc(-c2nc(-c3ccc(F)c(C)c3)no2)c(N)s1. The van der Waals surface area contributed by atoms with Crippen molar-refractivity contribution < 1.29 is 8.91 Å². The molecule has 0 atom stereocenters. The number of nitrogens with two attached hydrogens (primary N) is 1. The highest BCUT2D eigenvalue weighted by Crippen LogP contribution is 2.33. The standard InChI is InChI=1S/C14H12FN3OS/c1-7-5-9(3-4-11(7)15)13-17-14(19-18-13)10-6-8(2)20-12(10)16/h3-6H,16H2,1-2H3. The monoisotopic (exact) mass is 289 g/mol. The molecular weight excluding hydrogens is 277 g/mol. The van der Waals surface area contributed by atoms with Crippen molar-refractivity contribution in [2.45, 2.75) is 13.8 Å². The van der Waals surface area contributed by atoms with Crippen molar-refractivity contribution in [2.24, 2.45) is 0 Å². The number of anilines is 1. The van der Waals surface area contributed by atoms with Gasteiger partial charge in [0.05, 0.1) is 10.6 Å². The van der Waals surface area contributed by atoms with Crippen LogP contribution in [0.4, 0.5) is 9.39 Å². The Labute approximate surface area is 119 Å². The summed E-state index contributed by atoms with van der Waals surface area (Å²) in [4.78, 5) is 5.40. The lowest BCUT2D eigenvalue weighted by Crippen LogP contribution is -1.86. The van der Waals surface area contributed by atoms with Crippen LogP contribution in [-0.4, -0.2) is 10.1 Å². The zero-order chi connectivity index (χ0) is 14.3. The number of nitrogen functional groups attached to an aromatic ring is 1. The van der Waals surface area contributed by atoms with Crippen molar-refractivity contribution >= 4 is 16.3 Å². The van der Waals surface area contributed by atoms with E-state index in [2.05, 4.69) is 10.1 Å². The highest BCUT2D eigenvalue weighted by atomic mass is 32.1. The Morgan fingerprint density at radius 2 is 2.05 bits per heavy atom. The fourth-order valence-electron chi connectivity index (χ4n) is 1.93. The number of aryl methyl sites for hydroxylation is 2. The van der Waals surface area contributed by atoms with Crippen LogP contribution in [0.25, 0.3) is 22.8 Å². The molecule has 2 heterocycles. The van der Waals surface area contributed by atoms with Gasteiger partial charge in [0.1, 0.15) is 5.82 Å². The first-order chi connectivity index (χ1) is 9.54. The Morgan fingerprint density at radius 1 is 1.25 bits per heavy atom. The van der Waals surface area contributed by atoms with Gasteiger partial charge >= 0.3 is 0 Å². The molecule has 3 aromatic rings. The first-order valence-corrected chi connectivity index (χ1v) is 6.83. The number of halogens is 1. The minimum absolute atomic E-state index is 0.254. The average Bonchev–Trinajstić information content (AvgIpc) is 2.99. The summed E-state index contributed by atoms with van der Waals surface area (Å²) >= 11 is 1.47. The zero-order valence-electron chi connectivity index (χ0n) is 11.0. The maximum absolute atomic E-state index is 13.3. The summed E-state index contributed by atoms with van der Waals surface area (Å²) in [6.07, 6.45) is 0. The Kier molecular flexibility index (Phi) is 3.02. The Balaban J connectivity index is 2.01. The number of hydrogen-bond acceptors (Lipinski definition) is 5. The molecular formula is C14H12FN3OS. The molecule has 1 aromatic carbocycles. The topological polar surface area (TPSA) is 64.9 Å². The zero-order valence-corrected chi connectivity index (χ0v) is 11.8. The van der Waals surface area contributed by atoms with E-state index in [0.717, 1.165) is 10.4 Å². The Morgan fingerprint density at radius 3 is 2.70 bits per heavy atom. The van der Waals surface area contributed by atoms with Gasteiger partial charge in [-0.25, -0.2) is 4.39 Å². The molecule has 20 heavy (non-hydrogen) atoms. The fraction of sp³-hybridized carbons (Fsp3) is 0.143. The predicted molar refractivity (Wildman–Crippen MR) is 76.9 cm³/mol. The maximum Gasteiger partial charge on any atom is 0.261 e. The van der Waals surface area contributed by atoms with Crippen LogP contribution in [0, 0.1) is 19.7 Å². The summed E-state index contributed by atoms with van der Waals surface area (Å²) in [6, 6.07) is 6.61. The molecule has 0 fully saturated rings. The van der Waals surface area contributed by atoms with Crippen LogP contribution < -0.4 is 5.73 Å². The Bertz CT molecular complexity index is 779. The van der Waals surface area contributed by atoms with E-state index in [9.17, 15) is 4.39 Å². The van der Waals surface area contributed by atoms with Gasteiger partial charge in [0.25, 0.3) is 5.89 Å². The van der Waals surface area contributed by atoms with E-state index in [1.165, 1.54) is 17.4 Å². The molecule has 0 amide bonds. The Hall–Kier alpha value is -2.21. The molecule has 0 aliphatic carbocycles. The largest absolute Gasteiger partial charge is 0.390 e. The molecule has 0 spiro atoms. The van der Waals surface area contributed by atoms with Gasteiger partial charge in [-0.3, -0.25) is 0 Å². The lowest BCUT2D eigenvalue weighted by Gasteiger charge is -1.97. The van der Waals surface area contributed by atoms with Crippen LogP contribution in [-0.2, 0) is 0 Å². The second-order valence-corrected chi connectivity index (χ2v) is 5.81. The summed E-state index contributed by atoms with van der Waals surface area (Å²) in [5, 5.41) is 4.57. The number of thiophene rings is 1. The molecule has 0 radical (unpaired) electrons. The molecule has 2 N–H and O–H groups in total. The van der Waals surface area contributed by atoms with Gasteiger partial charge in [-0.1, -0.05) is 5.16 Å². The van der Waals surface area contributed by atoms with Crippen LogP contribution in [0.3, 0.4) is 0 Å². The van der Waals surface area contributed by atoms with Crippen molar-refractivity contribution in [1.82, 2.24) is 10.1 Å². The van der Waals surface area contributed by atoms with E-state index in [1.807, 2.05) is 13.0 Å². The lowest BCUT2D eigenvalue weighted by atomic mass is 10.1. The second-order valence-electron chi connectivity index (χ2n) is 4.52. The van der Waals surface area contributed by atoms with Crippen molar-refractivity contribution in [3.63, 3.8) is 0 Å².